The molecule has 0 aromatic rings. The summed E-state index contributed by atoms with van der Waals surface area (Å²) < 4.78 is 0. The summed E-state index contributed by atoms with van der Waals surface area (Å²) in [6.45, 7) is 4.21. The van der Waals surface area contributed by atoms with Crippen LogP contribution in [0.25, 0.3) is 0 Å². The fourth-order valence-corrected chi connectivity index (χ4v) is 4.01. The van der Waals surface area contributed by atoms with Crippen molar-refractivity contribution in [2.45, 2.75) is 89.5 Å². The molecular formula is C27H51N13O8. The smallest absolute Gasteiger partial charge is 0.322 e. The minimum absolute atomic E-state index is 0.00156. The Morgan fingerprint density at radius 3 is 1.44 bits per heavy atom. The molecule has 0 rings (SSSR count). The Labute approximate surface area is 278 Å². The maximum absolute atomic E-state index is 13.6. The van der Waals surface area contributed by atoms with E-state index < -0.39 is 84.1 Å². The molecule has 0 aliphatic rings. The molecule has 0 spiro atoms. The van der Waals surface area contributed by atoms with Gasteiger partial charge in [-0.3, -0.25) is 43.5 Å². The third-order valence-corrected chi connectivity index (χ3v) is 6.54. The Bertz CT molecular complexity index is 1180. The van der Waals surface area contributed by atoms with Gasteiger partial charge in [-0.15, -0.1) is 0 Å². The fourth-order valence-electron chi connectivity index (χ4n) is 4.01. The molecule has 18 N–H and O–H groups in total. The van der Waals surface area contributed by atoms with Gasteiger partial charge in [-0.05, 0) is 44.9 Å². The summed E-state index contributed by atoms with van der Waals surface area (Å²) in [6, 6.07) is -5.94. The lowest BCUT2D eigenvalue weighted by Gasteiger charge is -2.27. The van der Waals surface area contributed by atoms with Crippen molar-refractivity contribution in [1.82, 2.24) is 26.6 Å². The average molecular weight is 686 g/mol. The van der Waals surface area contributed by atoms with Crippen LogP contribution in [0.3, 0.4) is 0 Å². The molecule has 0 unspecified atom stereocenters. The molecule has 272 valence electrons. The number of carbonyl (C=O) groups excluding carboxylic acids is 6. The number of primary amides is 1. The van der Waals surface area contributed by atoms with E-state index >= 15 is 0 Å². The van der Waals surface area contributed by atoms with Crippen molar-refractivity contribution in [3.8, 4) is 0 Å². The highest BCUT2D eigenvalue weighted by atomic mass is 16.4. The summed E-state index contributed by atoms with van der Waals surface area (Å²) >= 11 is 0. The highest BCUT2D eigenvalue weighted by molar-refractivity contribution is 5.96. The third-order valence-electron chi connectivity index (χ3n) is 6.54. The van der Waals surface area contributed by atoms with Crippen molar-refractivity contribution < 1.29 is 38.7 Å². The quantitative estimate of drug-likeness (QED) is 0.0272. The summed E-state index contributed by atoms with van der Waals surface area (Å²) in [5, 5.41) is 21.2. The van der Waals surface area contributed by atoms with Gasteiger partial charge in [-0.2, -0.15) is 0 Å². The lowest BCUT2D eigenvalue weighted by atomic mass is 10.0. The van der Waals surface area contributed by atoms with Gasteiger partial charge in [-0.25, -0.2) is 0 Å². The van der Waals surface area contributed by atoms with Gasteiger partial charge in [0.1, 0.15) is 30.7 Å². The van der Waals surface area contributed by atoms with Crippen LogP contribution in [0.5, 0.6) is 0 Å². The van der Waals surface area contributed by atoms with E-state index in [0.29, 0.717) is 0 Å². The standard InChI is InChI=1S/C27H51N13O8/c1-13(2)20(40-21(44)14(3)28)25(48)39-16(7-5-11-35-27(32)33)24(47)37-15(6-4-10-34-26(30)31)23(46)38-17(8-9-18(29)41)22(45)36-12-19(42)43/h13-17,20H,4-12,28H2,1-3H3,(H2,29,41)(H,36,45)(H,37,47)(H,38,46)(H,39,48)(H,40,44)(H,42,43)(H4,30,31,34)(H4,32,33,35)/t14-,15-,16-,17-,20-/m0/s1. The molecule has 0 saturated heterocycles. The first kappa shape index (κ1) is 42.8. The minimum Gasteiger partial charge on any atom is -0.480 e. The number of nitrogens with two attached hydrogens (primary N) is 6. The van der Waals surface area contributed by atoms with E-state index in [1.165, 1.54) is 6.92 Å². The minimum atomic E-state index is -1.39. The highest BCUT2D eigenvalue weighted by Gasteiger charge is 2.32. The van der Waals surface area contributed by atoms with Gasteiger partial charge in [0.05, 0.1) is 6.04 Å². The zero-order valence-corrected chi connectivity index (χ0v) is 27.5. The number of nitrogens with zero attached hydrogens (tertiary/aromatic N) is 2. The van der Waals surface area contributed by atoms with Crippen molar-refractivity contribution in [2.24, 2.45) is 50.3 Å². The Balaban J connectivity index is 6.27. The summed E-state index contributed by atoms with van der Waals surface area (Å²) in [5.74, 6) is -6.80. The number of carboxylic acid groups (broad SMARTS) is 1. The highest BCUT2D eigenvalue weighted by Crippen LogP contribution is 2.08. The lowest BCUT2D eigenvalue weighted by Crippen LogP contribution is -2.59. The molecule has 5 atom stereocenters. The number of carboxylic acids is 1. The summed E-state index contributed by atoms with van der Waals surface area (Å²) in [6.07, 6.45) is -0.256. The topological polar surface area (TPSA) is 381 Å². The largest absolute Gasteiger partial charge is 0.480 e. The van der Waals surface area contributed by atoms with Gasteiger partial charge >= 0.3 is 5.97 Å². The molecule has 0 aliphatic carbocycles. The number of aliphatic carboxylic acids is 1. The number of nitrogens with one attached hydrogen (secondary N) is 5. The Kier molecular flexibility index (Phi) is 19.9. The van der Waals surface area contributed by atoms with Gasteiger partial charge in [0.25, 0.3) is 0 Å². The second kappa shape index (κ2) is 22.3. The van der Waals surface area contributed by atoms with Crippen LogP contribution in [-0.4, -0.2) is 108 Å². The molecule has 0 bridgehead atoms. The van der Waals surface area contributed by atoms with Crippen molar-refractivity contribution in [3.63, 3.8) is 0 Å². The number of amides is 6. The molecule has 0 radical (unpaired) electrons. The van der Waals surface area contributed by atoms with E-state index in [-0.39, 0.29) is 63.5 Å². The lowest BCUT2D eigenvalue weighted by molar-refractivity contribution is -0.139. The van der Waals surface area contributed by atoms with Gasteiger partial charge < -0.3 is 66.1 Å². The number of hydrogen-bond acceptors (Lipinski definition) is 10. The van der Waals surface area contributed by atoms with Crippen LogP contribution < -0.4 is 61.0 Å². The second-order valence-electron chi connectivity index (χ2n) is 11.2. The molecular weight excluding hydrogens is 634 g/mol. The van der Waals surface area contributed by atoms with Gasteiger partial charge in [0.15, 0.2) is 11.9 Å². The van der Waals surface area contributed by atoms with E-state index in [1.54, 1.807) is 13.8 Å². The molecule has 0 fully saturated rings. The first-order valence-electron chi connectivity index (χ1n) is 15.2. The van der Waals surface area contributed by atoms with Crippen LogP contribution in [0.4, 0.5) is 0 Å². The Morgan fingerprint density at radius 1 is 0.625 bits per heavy atom. The van der Waals surface area contributed by atoms with Crippen LogP contribution in [-0.2, 0) is 33.6 Å². The SMILES string of the molecule is CC(C)[C@H](NC(=O)[C@H](C)N)C(=O)N[C@@H](CCCN=C(N)N)C(=O)N[C@@H](CCCN=C(N)N)C(=O)N[C@@H](CCC(N)=O)C(=O)NCC(=O)O. The van der Waals surface area contributed by atoms with Crippen LogP contribution in [0.15, 0.2) is 9.98 Å². The number of carbonyl (C=O) groups is 7. The molecule has 21 heteroatoms. The molecule has 0 aromatic heterocycles. The third kappa shape index (κ3) is 18.7. The molecule has 21 nitrogen and oxygen atoms in total. The van der Waals surface area contributed by atoms with Gasteiger partial charge in [0.2, 0.25) is 35.4 Å². The van der Waals surface area contributed by atoms with Crippen molar-refractivity contribution in [2.75, 3.05) is 19.6 Å². The van der Waals surface area contributed by atoms with Gasteiger partial charge in [-0.1, -0.05) is 13.8 Å². The average Bonchev–Trinajstić information content (AvgIpc) is 2.98. The molecule has 0 aliphatic heterocycles. The van der Waals surface area contributed by atoms with E-state index in [2.05, 4.69) is 36.6 Å². The van der Waals surface area contributed by atoms with Crippen molar-refractivity contribution in [3.05, 3.63) is 0 Å². The number of rotatable bonds is 23. The van der Waals surface area contributed by atoms with Crippen LogP contribution in [0.2, 0.25) is 0 Å². The fraction of sp³-hybridized carbons (Fsp3) is 0.667. The maximum Gasteiger partial charge on any atom is 0.322 e. The molecule has 0 saturated carbocycles. The summed E-state index contributed by atoms with van der Waals surface area (Å²) in [4.78, 5) is 95.3. The number of guanidine groups is 2. The van der Waals surface area contributed by atoms with Crippen LogP contribution in [0.1, 0.15) is 59.3 Å². The first-order chi connectivity index (χ1) is 22.3. The molecule has 6 amide bonds. The Morgan fingerprint density at radius 2 is 1.06 bits per heavy atom. The monoisotopic (exact) mass is 685 g/mol. The van der Waals surface area contributed by atoms with E-state index in [1.807, 2.05) is 0 Å². The van der Waals surface area contributed by atoms with E-state index in [4.69, 9.17) is 39.5 Å². The predicted octanol–water partition coefficient (Wildman–Crippen LogP) is -5.50. The normalized spacial score (nSPS) is 13.8. The number of aliphatic imine (C=N–C) groups is 2. The van der Waals surface area contributed by atoms with E-state index in [9.17, 15) is 33.6 Å². The van der Waals surface area contributed by atoms with Crippen LogP contribution in [0, 0.1) is 5.92 Å². The maximum atomic E-state index is 13.6. The first-order valence-corrected chi connectivity index (χ1v) is 15.2. The summed E-state index contributed by atoms with van der Waals surface area (Å²) in [5.41, 5.74) is 32.3. The van der Waals surface area contributed by atoms with Crippen molar-refractivity contribution in [1.29, 1.82) is 0 Å². The predicted molar refractivity (Wildman–Crippen MR) is 175 cm³/mol. The van der Waals surface area contributed by atoms with Crippen LogP contribution >= 0.6 is 0 Å². The van der Waals surface area contributed by atoms with E-state index in [0.717, 1.165) is 0 Å². The van der Waals surface area contributed by atoms with Crippen molar-refractivity contribution >= 4 is 53.3 Å². The molecule has 48 heavy (non-hydrogen) atoms. The zero-order valence-electron chi connectivity index (χ0n) is 27.5. The summed E-state index contributed by atoms with van der Waals surface area (Å²) in [7, 11) is 0. The number of hydrogen-bond donors (Lipinski definition) is 12. The second-order valence-corrected chi connectivity index (χ2v) is 11.2. The molecule has 0 heterocycles. The Hall–Kier alpha value is -5.21. The zero-order chi connectivity index (χ0) is 37.0. The molecule has 0 aromatic carbocycles. The van der Waals surface area contributed by atoms with Gasteiger partial charge in [0, 0.05) is 19.5 Å².